The Balaban J connectivity index is 2.20. The number of hydrogen-bond donors (Lipinski definition) is 2. The zero-order chi connectivity index (χ0) is 10.7. The van der Waals surface area contributed by atoms with Gasteiger partial charge in [0, 0.05) is 5.56 Å². The second-order valence-corrected chi connectivity index (χ2v) is 3.43. The highest BCUT2D eigenvalue weighted by Gasteiger charge is 2.12. The van der Waals surface area contributed by atoms with Crippen molar-refractivity contribution in [1.82, 2.24) is 5.48 Å². The van der Waals surface area contributed by atoms with Gasteiger partial charge >= 0.3 is 0 Å². The van der Waals surface area contributed by atoms with Crippen molar-refractivity contribution < 1.29 is 9.68 Å². The molecule has 0 saturated carbocycles. The van der Waals surface area contributed by atoms with Crippen molar-refractivity contribution in [2.24, 2.45) is 0 Å². The molecule has 0 atom stereocenters. The lowest BCUT2D eigenvalue weighted by molar-refractivity contribution is 0.118. The summed E-state index contributed by atoms with van der Waals surface area (Å²) in [6.45, 7) is 2.70. The van der Waals surface area contributed by atoms with Crippen LogP contribution < -0.4 is 11.0 Å². The van der Waals surface area contributed by atoms with Gasteiger partial charge in [0.25, 0.3) is 0 Å². The number of nitrogens with one attached hydrogen (secondary N) is 2. The minimum absolute atomic E-state index is 0.646. The maximum absolute atomic E-state index is 5.14. The quantitative estimate of drug-likeness (QED) is 0.741. The maximum Gasteiger partial charge on any atom is 0.0978 e. The van der Waals surface area contributed by atoms with Gasteiger partial charge in [0.1, 0.15) is 0 Å². The Labute approximate surface area is 88.8 Å². The van der Waals surface area contributed by atoms with E-state index in [1.165, 1.54) is 5.57 Å². The molecule has 0 aliphatic carbocycles. The Hall–Kier alpha value is -1.52. The summed E-state index contributed by atoms with van der Waals surface area (Å²) in [6, 6.07) is 7.95. The molecule has 15 heavy (non-hydrogen) atoms. The van der Waals surface area contributed by atoms with Crippen molar-refractivity contribution in [2.75, 3.05) is 19.2 Å². The molecule has 1 heterocycles. The van der Waals surface area contributed by atoms with E-state index in [9.17, 15) is 0 Å². The second-order valence-electron chi connectivity index (χ2n) is 3.43. The summed E-state index contributed by atoms with van der Waals surface area (Å²) in [7, 11) is 1.59. The van der Waals surface area contributed by atoms with Crippen LogP contribution >= 0.6 is 0 Å². The third kappa shape index (κ3) is 2.11. The van der Waals surface area contributed by atoms with Crippen LogP contribution in [-0.4, -0.2) is 13.7 Å². The standard InChI is InChI=1S/C11H14N2O2/c1-8-7-15-13-11(8)9-3-5-10(6-4-9)12-14-2/h3-6,12-13H,7H2,1-2H3. The number of benzene rings is 1. The van der Waals surface area contributed by atoms with Crippen LogP contribution in [0.3, 0.4) is 0 Å². The van der Waals surface area contributed by atoms with Gasteiger partial charge in [-0.15, -0.1) is 0 Å². The monoisotopic (exact) mass is 206 g/mol. The molecule has 0 spiro atoms. The molecule has 80 valence electrons. The van der Waals surface area contributed by atoms with E-state index in [0.717, 1.165) is 16.9 Å². The molecule has 0 unspecified atom stereocenters. The fraction of sp³-hybridized carbons (Fsp3) is 0.273. The number of rotatable bonds is 3. The van der Waals surface area contributed by atoms with Gasteiger partial charge in [-0.3, -0.25) is 20.6 Å². The smallest absolute Gasteiger partial charge is 0.0978 e. The third-order valence-corrected chi connectivity index (χ3v) is 2.28. The summed E-state index contributed by atoms with van der Waals surface area (Å²) in [4.78, 5) is 9.95. The van der Waals surface area contributed by atoms with Gasteiger partial charge in [0.2, 0.25) is 0 Å². The molecule has 1 aliphatic heterocycles. The predicted molar refractivity (Wildman–Crippen MR) is 58.8 cm³/mol. The normalized spacial score (nSPS) is 15.3. The Morgan fingerprint density at radius 3 is 2.60 bits per heavy atom. The molecular formula is C11H14N2O2. The molecule has 4 heteroatoms. The Bertz CT molecular complexity index is 371. The summed E-state index contributed by atoms with van der Waals surface area (Å²) < 4.78 is 0. The minimum atomic E-state index is 0.646. The van der Waals surface area contributed by atoms with E-state index in [4.69, 9.17) is 9.68 Å². The van der Waals surface area contributed by atoms with Crippen LogP contribution in [0.15, 0.2) is 29.8 Å². The molecule has 2 rings (SSSR count). The molecule has 0 aromatic heterocycles. The van der Waals surface area contributed by atoms with E-state index in [1.54, 1.807) is 7.11 Å². The first-order valence-electron chi connectivity index (χ1n) is 4.78. The lowest BCUT2D eigenvalue weighted by Gasteiger charge is -2.06. The Morgan fingerprint density at radius 1 is 1.33 bits per heavy atom. The lowest BCUT2D eigenvalue weighted by atomic mass is 10.1. The van der Waals surface area contributed by atoms with Crippen LogP contribution in [0.1, 0.15) is 12.5 Å². The average Bonchev–Trinajstić information content (AvgIpc) is 2.66. The fourth-order valence-electron chi connectivity index (χ4n) is 1.50. The van der Waals surface area contributed by atoms with Gasteiger partial charge in [-0.05, 0) is 24.6 Å². The zero-order valence-electron chi connectivity index (χ0n) is 8.83. The molecule has 0 amide bonds. The third-order valence-electron chi connectivity index (χ3n) is 2.28. The lowest BCUT2D eigenvalue weighted by Crippen LogP contribution is -2.05. The van der Waals surface area contributed by atoms with Crippen molar-refractivity contribution in [1.29, 1.82) is 0 Å². The second kappa shape index (κ2) is 4.33. The molecule has 0 saturated heterocycles. The highest BCUT2D eigenvalue weighted by molar-refractivity contribution is 5.68. The first-order valence-corrected chi connectivity index (χ1v) is 4.78. The molecule has 0 bridgehead atoms. The summed E-state index contributed by atoms with van der Waals surface area (Å²) in [6.07, 6.45) is 0. The molecule has 4 nitrogen and oxygen atoms in total. The van der Waals surface area contributed by atoms with Crippen molar-refractivity contribution in [3.05, 3.63) is 35.4 Å². The zero-order valence-corrected chi connectivity index (χ0v) is 8.83. The summed E-state index contributed by atoms with van der Waals surface area (Å²) in [5, 5.41) is 0. The first-order chi connectivity index (χ1) is 7.31. The highest BCUT2D eigenvalue weighted by atomic mass is 16.6. The van der Waals surface area contributed by atoms with Gasteiger partial charge in [0.05, 0.1) is 25.1 Å². The van der Waals surface area contributed by atoms with Crippen molar-refractivity contribution in [3.63, 3.8) is 0 Å². The van der Waals surface area contributed by atoms with Crippen LogP contribution in [-0.2, 0) is 9.68 Å². The minimum Gasteiger partial charge on any atom is -0.279 e. The summed E-state index contributed by atoms with van der Waals surface area (Å²) in [5.41, 5.74) is 9.98. The molecule has 0 radical (unpaired) electrons. The van der Waals surface area contributed by atoms with Crippen LogP contribution in [0.2, 0.25) is 0 Å². The van der Waals surface area contributed by atoms with Crippen LogP contribution in [0.4, 0.5) is 5.69 Å². The Morgan fingerprint density at radius 2 is 2.07 bits per heavy atom. The van der Waals surface area contributed by atoms with Crippen molar-refractivity contribution >= 4 is 11.4 Å². The van der Waals surface area contributed by atoms with Crippen LogP contribution in [0.5, 0.6) is 0 Å². The van der Waals surface area contributed by atoms with Crippen molar-refractivity contribution in [3.8, 4) is 0 Å². The molecule has 0 fully saturated rings. The average molecular weight is 206 g/mol. The molecular weight excluding hydrogens is 192 g/mol. The maximum atomic E-state index is 5.14. The van der Waals surface area contributed by atoms with Gasteiger partial charge in [-0.25, -0.2) is 0 Å². The van der Waals surface area contributed by atoms with E-state index in [0.29, 0.717) is 6.61 Å². The number of anilines is 1. The van der Waals surface area contributed by atoms with E-state index in [2.05, 4.69) is 17.9 Å². The van der Waals surface area contributed by atoms with Crippen molar-refractivity contribution in [2.45, 2.75) is 6.92 Å². The SMILES string of the molecule is CONc1ccc(C2=C(C)CON2)cc1. The van der Waals surface area contributed by atoms with Gasteiger partial charge < -0.3 is 0 Å². The van der Waals surface area contributed by atoms with Crippen LogP contribution in [0, 0.1) is 0 Å². The van der Waals surface area contributed by atoms with Gasteiger partial charge in [-0.1, -0.05) is 12.1 Å². The van der Waals surface area contributed by atoms with E-state index < -0.39 is 0 Å². The van der Waals surface area contributed by atoms with E-state index in [1.807, 2.05) is 24.3 Å². The molecule has 1 aromatic rings. The topological polar surface area (TPSA) is 42.5 Å². The van der Waals surface area contributed by atoms with Gasteiger partial charge in [0.15, 0.2) is 0 Å². The highest BCUT2D eigenvalue weighted by Crippen LogP contribution is 2.21. The fourth-order valence-corrected chi connectivity index (χ4v) is 1.50. The predicted octanol–water partition coefficient (Wildman–Crippen LogP) is 1.93. The summed E-state index contributed by atoms with van der Waals surface area (Å²) in [5.74, 6) is 0. The molecule has 1 aromatic carbocycles. The number of hydrogen-bond acceptors (Lipinski definition) is 4. The largest absolute Gasteiger partial charge is 0.279 e. The van der Waals surface area contributed by atoms with Gasteiger partial charge in [-0.2, -0.15) is 0 Å². The summed E-state index contributed by atoms with van der Waals surface area (Å²) >= 11 is 0. The number of hydroxylamine groups is 1. The molecule has 1 aliphatic rings. The molecule has 2 N–H and O–H groups in total. The van der Waals surface area contributed by atoms with E-state index in [-0.39, 0.29) is 0 Å². The Kier molecular flexibility index (Phi) is 2.89. The van der Waals surface area contributed by atoms with E-state index >= 15 is 0 Å². The van der Waals surface area contributed by atoms with Crippen LogP contribution in [0.25, 0.3) is 5.70 Å². The first kappa shape index (κ1) is 10.0.